The number of primary amides is 1. The molecule has 0 spiro atoms. The summed E-state index contributed by atoms with van der Waals surface area (Å²) in [5.41, 5.74) is 5.57. The standard InChI is InChI=1S/CH6N2O8P2/c2-1(4)3-10-13(8,9)11-12(5,6)7/h(H,8,9)(H3,2,3,4)(H2,5,6,7). The van der Waals surface area contributed by atoms with Gasteiger partial charge in [-0.2, -0.15) is 8.94 Å². The summed E-state index contributed by atoms with van der Waals surface area (Å²) in [7, 11) is -10.2. The predicted octanol–water partition coefficient (Wildman–Crippen LogP) is -1.20. The van der Waals surface area contributed by atoms with Crippen LogP contribution in [0.5, 0.6) is 0 Å². The number of hydrogen-bond donors (Lipinski definition) is 5. The fourth-order valence-electron chi connectivity index (χ4n) is 0.254. The lowest BCUT2D eigenvalue weighted by Gasteiger charge is -2.10. The van der Waals surface area contributed by atoms with E-state index < -0.39 is 21.7 Å². The molecule has 2 amide bonds. The number of nitrogens with two attached hydrogens (primary N) is 1. The zero-order valence-corrected chi connectivity index (χ0v) is 7.64. The molecule has 0 aromatic carbocycles. The van der Waals surface area contributed by atoms with Crippen molar-refractivity contribution >= 4 is 21.7 Å². The maximum Gasteiger partial charge on any atom is 0.502 e. The molecule has 13 heavy (non-hydrogen) atoms. The Balaban J connectivity index is 4.18. The minimum absolute atomic E-state index is 1.17. The molecule has 78 valence electrons. The van der Waals surface area contributed by atoms with Crippen molar-refractivity contribution in [3.8, 4) is 0 Å². The summed E-state index contributed by atoms with van der Waals surface area (Å²) in [6.45, 7) is 0. The third-order valence-electron chi connectivity index (χ3n) is 0.471. The molecular weight excluding hydrogens is 230 g/mol. The van der Waals surface area contributed by atoms with Gasteiger partial charge in [0.2, 0.25) is 0 Å². The molecular formula is CH6N2O8P2. The number of rotatable bonds is 4. The highest BCUT2D eigenvalue weighted by atomic mass is 31.3. The van der Waals surface area contributed by atoms with Gasteiger partial charge in [-0.15, -0.1) is 0 Å². The van der Waals surface area contributed by atoms with E-state index in [-0.39, 0.29) is 0 Å². The maximum absolute atomic E-state index is 10.5. The van der Waals surface area contributed by atoms with Crippen molar-refractivity contribution in [2.45, 2.75) is 0 Å². The third-order valence-corrected chi connectivity index (χ3v) is 2.47. The van der Waals surface area contributed by atoms with E-state index in [9.17, 15) is 13.9 Å². The summed E-state index contributed by atoms with van der Waals surface area (Å²) in [6, 6.07) is -1.33. The summed E-state index contributed by atoms with van der Waals surface area (Å²) in [5, 5.41) is 0. The smallest absolute Gasteiger partial charge is 0.350 e. The van der Waals surface area contributed by atoms with Gasteiger partial charge in [-0.25, -0.2) is 19.4 Å². The summed E-state index contributed by atoms with van der Waals surface area (Å²) in [4.78, 5) is 34.5. The van der Waals surface area contributed by atoms with Gasteiger partial charge in [0.05, 0.1) is 0 Å². The molecule has 0 aliphatic rings. The topological polar surface area (TPSA) is 168 Å². The summed E-state index contributed by atoms with van der Waals surface area (Å²) < 4.78 is 27.3. The molecule has 1 unspecified atom stereocenters. The van der Waals surface area contributed by atoms with E-state index in [1.165, 1.54) is 5.48 Å². The first kappa shape index (κ1) is 12.5. The van der Waals surface area contributed by atoms with Crippen LogP contribution in [0.4, 0.5) is 4.79 Å². The molecule has 0 aliphatic heterocycles. The molecule has 0 rings (SSSR count). The quantitative estimate of drug-likeness (QED) is 0.299. The fraction of sp³-hybridized carbons (Fsp3) is 0. The van der Waals surface area contributed by atoms with Crippen LogP contribution in [0.3, 0.4) is 0 Å². The number of hydroxylamine groups is 1. The Labute approximate surface area is 71.5 Å². The van der Waals surface area contributed by atoms with Crippen LogP contribution in [-0.4, -0.2) is 20.7 Å². The van der Waals surface area contributed by atoms with E-state index >= 15 is 0 Å². The van der Waals surface area contributed by atoms with Crippen LogP contribution in [0.15, 0.2) is 0 Å². The van der Waals surface area contributed by atoms with Crippen molar-refractivity contribution in [2.24, 2.45) is 5.73 Å². The first-order valence-electron chi connectivity index (χ1n) is 2.46. The normalized spacial score (nSPS) is 16.2. The Kier molecular flexibility index (Phi) is 4.01. The summed E-state index contributed by atoms with van der Waals surface area (Å²) >= 11 is 0. The van der Waals surface area contributed by atoms with Crippen LogP contribution < -0.4 is 11.2 Å². The molecule has 12 heteroatoms. The average molecular weight is 236 g/mol. The van der Waals surface area contributed by atoms with Crippen LogP contribution in [-0.2, 0) is 18.1 Å². The molecule has 1 atom stereocenters. The van der Waals surface area contributed by atoms with Gasteiger partial charge in [0.25, 0.3) is 0 Å². The largest absolute Gasteiger partial charge is 0.502 e. The van der Waals surface area contributed by atoms with E-state index in [1.807, 2.05) is 0 Å². The lowest BCUT2D eigenvalue weighted by Crippen LogP contribution is -2.28. The minimum atomic E-state index is -5.18. The number of hydrogen-bond acceptors (Lipinski definition) is 5. The van der Waals surface area contributed by atoms with Crippen LogP contribution >= 0.6 is 15.6 Å². The summed E-state index contributed by atoms with van der Waals surface area (Å²) in [5.74, 6) is 0. The van der Waals surface area contributed by atoms with E-state index in [4.69, 9.17) is 14.7 Å². The van der Waals surface area contributed by atoms with Crippen molar-refractivity contribution in [2.75, 3.05) is 0 Å². The molecule has 0 bridgehead atoms. The molecule has 0 heterocycles. The van der Waals surface area contributed by atoms with Gasteiger partial charge >= 0.3 is 21.7 Å². The Hall–Kier alpha value is -0.470. The second kappa shape index (κ2) is 4.16. The Bertz CT molecular complexity index is 280. The number of amides is 2. The van der Waals surface area contributed by atoms with E-state index in [2.05, 4.69) is 14.7 Å². The van der Waals surface area contributed by atoms with E-state index in [1.54, 1.807) is 0 Å². The molecule has 0 radical (unpaired) electrons. The van der Waals surface area contributed by atoms with Crippen molar-refractivity contribution in [3.05, 3.63) is 0 Å². The number of phosphoric acid groups is 2. The molecule has 0 saturated carbocycles. The number of carbonyl (C=O) groups is 1. The van der Waals surface area contributed by atoms with Gasteiger partial charge < -0.3 is 20.4 Å². The zero-order chi connectivity index (χ0) is 10.7. The molecule has 6 N–H and O–H groups in total. The lowest BCUT2D eigenvalue weighted by molar-refractivity contribution is 0.129. The molecule has 0 fully saturated rings. The minimum Gasteiger partial charge on any atom is -0.350 e. The second-order valence-corrected chi connectivity index (χ2v) is 4.35. The first-order valence-corrected chi connectivity index (χ1v) is 5.49. The predicted molar refractivity (Wildman–Crippen MR) is 36.8 cm³/mol. The average Bonchev–Trinajstić information content (AvgIpc) is 1.78. The summed E-state index contributed by atoms with van der Waals surface area (Å²) in [6.07, 6.45) is 0. The Morgan fingerprint density at radius 3 is 2.08 bits per heavy atom. The number of urea groups is 1. The maximum atomic E-state index is 10.5. The second-order valence-electron chi connectivity index (χ2n) is 1.60. The number of carbonyl (C=O) groups excluding carboxylic acids is 1. The van der Waals surface area contributed by atoms with Gasteiger partial charge in [-0.05, 0) is 0 Å². The SMILES string of the molecule is NC(=O)NOP(=O)(O)OP(=O)(O)O. The lowest BCUT2D eigenvalue weighted by atomic mass is 11.2. The monoisotopic (exact) mass is 236 g/mol. The van der Waals surface area contributed by atoms with Gasteiger partial charge in [0.15, 0.2) is 0 Å². The molecule has 0 saturated heterocycles. The van der Waals surface area contributed by atoms with Crippen molar-refractivity contribution in [1.82, 2.24) is 5.48 Å². The van der Waals surface area contributed by atoms with Crippen LogP contribution in [0.25, 0.3) is 0 Å². The van der Waals surface area contributed by atoms with E-state index in [0.717, 1.165) is 0 Å². The van der Waals surface area contributed by atoms with Gasteiger partial charge in [-0.1, -0.05) is 0 Å². The third kappa shape index (κ3) is 7.88. The highest BCUT2D eigenvalue weighted by Gasteiger charge is 2.33. The van der Waals surface area contributed by atoms with Crippen LogP contribution in [0, 0.1) is 0 Å². The van der Waals surface area contributed by atoms with Gasteiger partial charge in [0.1, 0.15) is 0 Å². The Morgan fingerprint density at radius 2 is 1.77 bits per heavy atom. The molecule has 0 aromatic heterocycles. The highest BCUT2D eigenvalue weighted by molar-refractivity contribution is 7.60. The van der Waals surface area contributed by atoms with Crippen molar-refractivity contribution < 1.29 is 37.5 Å². The molecule has 0 aliphatic carbocycles. The Morgan fingerprint density at radius 1 is 1.31 bits per heavy atom. The fourth-order valence-corrected chi connectivity index (χ4v) is 1.67. The van der Waals surface area contributed by atoms with Gasteiger partial charge in [0, 0.05) is 0 Å². The molecule has 10 nitrogen and oxygen atoms in total. The number of nitrogens with one attached hydrogen (secondary N) is 1. The van der Waals surface area contributed by atoms with Crippen molar-refractivity contribution in [1.29, 1.82) is 0 Å². The van der Waals surface area contributed by atoms with E-state index in [0.29, 0.717) is 0 Å². The molecule has 0 aromatic rings. The van der Waals surface area contributed by atoms with Crippen molar-refractivity contribution in [3.63, 3.8) is 0 Å². The highest BCUT2D eigenvalue weighted by Crippen LogP contribution is 2.56. The van der Waals surface area contributed by atoms with Crippen LogP contribution in [0.1, 0.15) is 0 Å². The first-order chi connectivity index (χ1) is 5.62. The zero-order valence-electron chi connectivity index (χ0n) is 5.85. The van der Waals surface area contributed by atoms with Crippen LogP contribution in [0.2, 0.25) is 0 Å². The van der Waals surface area contributed by atoms with Gasteiger partial charge in [-0.3, -0.25) is 0 Å².